The molecule has 0 N–H and O–H groups in total. The first-order chi connectivity index (χ1) is 5.74. The van der Waals surface area contributed by atoms with Gasteiger partial charge in [-0.2, -0.15) is 0 Å². The first-order valence-electron chi connectivity index (χ1n) is 3.65. The molecule has 0 aromatic carbocycles. The number of nitrogens with zero attached hydrogens (tertiary/aromatic N) is 2. The minimum Gasteiger partial charge on any atom is -0.340 e. The number of ketones is 1. The molecule has 0 saturated heterocycles. The Bertz CT molecular complexity index is 341. The molecule has 0 bridgehead atoms. The van der Waals surface area contributed by atoms with Crippen molar-refractivity contribution in [3.8, 4) is 11.8 Å². The normalized spacial score (nSPS) is 8.83. The molecule has 0 aliphatic heterocycles. The van der Waals surface area contributed by atoms with Gasteiger partial charge in [0.05, 0.1) is 12.7 Å². The maximum Gasteiger partial charge on any atom is 0.194 e. The van der Waals surface area contributed by atoms with E-state index >= 15 is 0 Å². The maximum atomic E-state index is 11.2. The van der Waals surface area contributed by atoms with Gasteiger partial charge in [0.25, 0.3) is 0 Å². The summed E-state index contributed by atoms with van der Waals surface area (Å²) in [6, 6.07) is 0. The fourth-order valence-corrected chi connectivity index (χ4v) is 0.816. The molecule has 0 unspecified atom stereocenters. The number of hydrogen-bond acceptors (Lipinski definition) is 2. The summed E-state index contributed by atoms with van der Waals surface area (Å²) in [5, 5.41) is 0. The van der Waals surface area contributed by atoms with Crippen LogP contribution in [0.15, 0.2) is 12.5 Å². The van der Waals surface area contributed by atoms with Gasteiger partial charge in [0, 0.05) is 13.2 Å². The van der Waals surface area contributed by atoms with Crippen LogP contribution in [0.5, 0.6) is 0 Å². The summed E-state index contributed by atoms with van der Waals surface area (Å²) in [5.74, 6) is 5.35. The zero-order valence-electron chi connectivity index (χ0n) is 7.16. The highest BCUT2D eigenvalue weighted by molar-refractivity contribution is 5.95. The Labute approximate surface area is 71.4 Å². The van der Waals surface area contributed by atoms with Crippen LogP contribution in [0.25, 0.3) is 0 Å². The number of rotatable bonds is 2. The van der Waals surface area contributed by atoms with E-state index in [1.165, 1.54) is 0 Å². The molecule has 1 rings (SSSR count). The molecule has 0 amide bonds. The number of aryl methyl sites for hydroxylation is 1. The highest BCUT2D eigenvalue weighted by Gasteiger charge is 2.05. The molecule has 3 heteroatoms. The van der Waals surface area contributed by atoms with Crippen molar-refractivity contribution < 1.29 is 4.79 Å². The lowest BCUT2D eigenvalue weighted by Gasteiger charge is -1.87. The Balaban J connectivity index is 2.69. The van der Waals surface area contributed by atoms with Gasteiger partial charge in [0.2, 0.25) is 0 Å². The first-order valence-corrected chi connectivity index (χ1v) is 3.65. The molecule has 62 valence electrons. The average Bonchev–Trinajstić information content (AvgIpc) is 2.47. The van der Waals surface area contributed by atoms with E-state index in [1.807, 2.05) is 7.05 Å². The summed E-state index contributed by atoms with van der Waals surface area (Å²) in [5.41, 5.74) is 0.486. The Kier molecular flexibility index (Phi) is 2.65. The molecule has 0 fully saturated rings. The van der Waals surface area contributed by atoms with Crippen molar-refractivity contribution in [3.05, 3.63) is 18.2 Å². The topological polar surface area (TPSA) is 34.9 Å². The molecular weight excluding hydrogens is 152 g/mol. The lowest BCUT2D eigenvalue weighted by Crippen LogP contribution is -1.97. The van der Waals surface area contributed by atoms with Gasteiger partial charge < -0.3 is 4.57 Å². The number of hydrogen-bond donors (Lipinski definition) is 0. The van der Waals surface area contributed by atoms with Gasteiger partial charge in [-0.05, 0) is 6.92 Å². The van der Waals surface area contributed by atoms with Crippen LogP contribution in [-0.2, 0) is 7.05 Å². The zero-order chi connectivity index (χ0) is 8.97. The molecular formula is C9H10N2O. The van der Waals surface area contributed by atoms with Gasteiger partial charge in [-0.1, -0.05) is 5.92 Å². The summed E-state index contributed by atoms with van der Waals surface area (Å²) in [4.78, 5) is 15.2. The fourth-order valence-electron chi connectivity index (χ4n) is 0.816. The highest BCUT2D eigenvalue weighted by Crippen LogP contribution is 1.98. The van der Waals surface area contributed by atoms with Crippen LogP contribution in [0.3, 0.4) is 0 Å². The minimum atomic E-state index is -0.0232. The summed E-state index contributed by atoms with van der Waals surface area (Å²) in [6.45, 7) is 1.71. The number of Topliss-reactive ketones (excluding diaryl/α,β-unsaturated/α-hetero) is 1. The molecule has 1 heterocycles. The van der Waals surface area contributed by atoms with Crippen LogP contribution < -0.4 is 0 Å². The zero-order valence-corrected chi connectivity index (χ0v) is 7.16. The van der Waals surface area contributed by atoms with E-state index in [1.54, 1.807) is 24.0 Å². The Morgan fingerprint density at radius 2 is 2.50 bits per heavy atom. The second-order valence-corrected chi connectivity index (χ2v) is 2.45. The molecule has 0 spiro atoms. The van der Waals surface area contributed by atoms with Crippen LogP contribution in [0.1, 0.15) is 23.8 Å². The van der Waals surface area contributed by atoms with Crippen LogP contribution in [0.2, 0.25) is 0 Å². The van der Waals surface area contributed by atoms with E-state index < -0.39 is 0 Å². The lowest BCUT2D eigenvalue weighted by atomic mass is 10.2. The average molecular weight is 162 g/mol. The maximum absolute atomic E-state index is 11.2. The first kappa shape index (κ1) is 8.54. The Morgan fingerprint density at radius 3 is 3.00 bits per heavy atom. The highest BCUT2D eigenvalue weighted by atomic mass is 16.1. The molecule has 0 atom stereocenters. The third kappa shape index (κ3) is 1.96. The molecule has 1 aromatic heterocycles. The van der Waals surface area contributed by atoms with E-state index in [0.29, 0.717) is 5.69 Å². The second-order valence-electron chi connectivity index (χ2n) is 2.45. The van der Waals surface area contributed by atoms with E-state index in [9.17, 15) is 4.79 Å². The smallest absolute Gasteiger partial charge is 0.194 e. The van der Waals surface area contributed by atoms with Crippen LogP contribution in [0, 0.1) is 11.8 Å². The van der Waals surface area contributed by atoms with Crippen molar-refractivity contribution in [3.63, 3.8) is 0 Å². The summed E-state index contributed by atoms with van der Waals surface area (Å²) >= 11 is 0. The van der Waals surface area contributed by atoms with Gasteiger partial charge in [-0.15, -0.1) is 5.92 Å². The number of carbonyl (C=O) groups is 1. The van der Waals surface area contributed by atoms with Gasteiger partial charge >= 0.3 is 0 Å². The minimum absolute atomic E-state index is 0.0232. The Morgan fingerprint density at radius 1 is 1.75 bits per heavy atom. The monoisotopic (exact) mass is 162 g/mol. The van der Waals surface area contributed by atoms with Gasteiger partial charge in [-0.3, -0.25) is 4.79 Å². The predicted molar refractivity (Wildman–Crippen MR) is 45.6 cm³/mol. The largest absolute Gasteiger partial charge is 0.340 e. The summed E-state index contributed by atoms with van der Waals surface area (Å²) in [7, 11) is 1.83. The molecule has 12 heavy (non-hydrogen) atoms. The molecule has 0 radical (unpaired) electrons. The fraction of sp³-hybridized carbons (Fsp3) is 0.333. The molecule has 0 aliphatic rings. The second kappa shape index (κ2) is 3.72. The molecule has 3 nitrogen and oxygen atoms in total. The van der Waals surface area contributed by atoms with Crippen LogP contribution in [-0.4, -0.2) is 15.3 Å². The quantitative estimate of drug-likeness (QED) is 0.480. The number of imidazole rings is 1. The number of aromatic nitrogens is 2. The van der Waals surface area contributed by atoms with Crippen LogP contribution in [0.4, 0.5) is 0 Å². The number of carbonyl (C=O) groups excluding carboxylic acids is 1. The van der Waals surface area contributed by atoms with Crippen molar-refractivity contribution in [1.82, 2.24) is 9.55 Å². The van der Waals surface area contributed by atoms with E-state index in [-0.39, 0.29) is 12.2 Å². The van der Waals surface area contributed by atoms with E-state index in [0.717, 1.165) is 0 Å². The molecule has 0 saturated carbocycles. The predicted octanol–water partition coefficient (Wildman–Crippen LogP) is 1.02. The van der Waals surface area contributed by atoms with Gasteiger partial charge in [0.1, 0.15) is 5.69 Å². The third-order valence-corrected chi connectivity index (χ3v) is 1.42. The van der Waals surface area contributed by atoms with Crippen molar-refractivity contribution in [2.45, 2.75) is 13.3 Å². The van der Waals surface area contributed by atoms with Crippen molar-refractivity contribution in [1.29, 1.82) is 0 Å². The summed E-state index contributed by atoms with van der Waals surface area (Å²) in [6.07, 6.45) is 3.56. The standard InChI is InChI=1S/C9H10N2O/c1-3-4-5-9(12)8-6-11(2)7-10-8/h6-7H,5H2,1-2H3. The van der Waals surface area contributed by atoms with Crippen molar-refractivity contribution in [2.75, 3.05) is 0 Å². The summed E-state index contributed by atoms with van der Waals surface area (Å²) < 4.78 is 1.74. The van der Waals surface area contributed by atoms with E-state index in [2.05, 4.69) is 16.8 Å². The van der Waals surface area contributed by atoms with Gasteiger partial charge in [0.15, 0.2) is 5.78 Å². The van der Waals surface area contributed by atoms with Crippen molar-refractivity contribution in [2.24, 2.45) is 7.05 Å². The Hall–Kier alpha value is -1.56. The SMILES string of the molecule is CC#CCC(=O)c1cn(C)cn1. The molecule has 0 aliphatic carbocycles. The van der Waals surface area contributed by atoms with Gasteiger partial charge in [-0.25, -0.2) is 4.98 Å². The van der Waals surface area contributed by atoms with Crippen LogP contribution >= 0.6 is 0 Å². The van der Waals surface area contributed by atoms with E-state index in [4.69, 9.17) is 0 Å². The molecule has 1 aromatic rings. The lowest BCUT2D eigenvalue weighted by molar-refractivity contribution is 0.0994. The van der Waals surface area contributed by atoms with Crippen molar-refractivity contribution >= 4 is 5.78 Å². The third-order valence-electron chi connectivity index (χ3n) is 1.42.